The van der Waals surface area contributed by atoms with Crippen LogP contribution in [0.1, 0.15) is 47.7 Å². The molecule has 260 valence electrons. The van der Waals surface area contributed by atoms with Crippen LogP contribution in [0.15, 0.2) is 134 Å². The van der Waals surface area contributed by atoms with Gasteiger partial charge in [-0.15, -0.1) is 0 Å². The van der Waals surface area contributed by atoms with Gasteiger partial charge in [0.15, 0.2) is 35.4 Å². The summed E-state index contributed by atoms with van der Waals surface area (Å²) < 4.78 is 20.2. The molecule has 1 aliphatic heterocycles. The molecule has 4 atom stereocenters. The number of ether oxygens (including phenoxy) is 3. The number of nitrogens with zero attached hydrogens (tertiary/aromatic N) is 5. The van der Waals surface area contributed by atoms with E-state index in [0.717, 1.165) is 4.90 Å². The average Bonchev–Trinajstić information content (AvgIpc) is 3.77. The van der Waals surface area contributed by atoms with Gasteiger partial charge in [-0.25, -0.2) is 29.4 Å². The molecule has 7 rings (SSSR count). The summed E-state index contributed by atoms with van der Waals surface area (Å²) in [6.45, 7) is 0. The lowest BCUT2D eigenvalue weighted by Crippen LogP contribution is -2.40. The number of thioether (sulfide) groups is 1. The largest absolute Gasteiger partial charge is 0.452 e. The minimum Gasteiger partial charge on any atom is -0.452 e. The second-order valence-corrected chi connectivity index (χ2v) is 12.6. The van der Waals surface area contributed by atoms with Gasteiger partial charge in [0, 0.05) is 16.9 Å². The number of hydrogen-bond acceptors (Lipinski definition) is 11. The summed E-state index contributed by atoms with van der Waals surface area (Å²) in [5.74, 6) is -2.18. The van der Waals surface area contributed by atoms with E-state index in [4.69, 9.17) is 14.2 Å². The van der Waals surface area contributed by atoms with Crippen LogP contribution >= 0.6 is 11.8 Å². The maximum absolute atomic E-state index is 14.0. The first-order valence-electron chi connectivity index (χ1n) is 16.3. The van der Waals surface area contributed by atoms with Gasteiger partial charge >= 0.3 is 11.9 Å². The highest BCUT2D eigenvalue weighted by molar-refractivity contribution is 7.98. The van der Waals surface area contributed by atoms with E-state index < -0.39 is 48.3 Å². The quantitative estimate of drug-likeness (QED) is 0.121. The Hall–Kier alpha value is -6.18. The van der Waals surface area contributed by atoms with Gasteiger partial charge in [-0.1, -0.05) is 72.8 Å². The molecule has 6 aromatic rings. The molecule has 1 fully saturated rings. The molecule has 0 radical (unpaired) electrons. The third-order valence-electron chi connectivity index (χ3n) is 8.39. The molecule has 0 bridgehead atoms. The monoisotopic (exact) mass is 713 g/mol. The molecule has 1 aliphatic rings. The fraction of sp³-hybridized carbons (Fsp3) is 0.154. The first-order valence-corrected chi connectivity index (χ1v) is 17.7. The Bertz CT molecular complexity index is 2150. The maximum Gasteiger partial charge on any atom is 0.338 e. The van der Waals surface area contributed by atoms with Crippen LogP contribution in [0.5, 0.6) is 0 Å². The number of carbonyl (C=O) groups excluding carboxylic acids is 4. The van der Waals surface area contributed by atoms with Crippen molar-refractivity contribution in [3.8, 4) is 0 Å². The Morgan fingerprint density at radius 2 is 1.15 bits per heavy atom. The summed E-state index contributed by atoms with van der Waals surface area (Å²) in [6.07, 6.45) is 0.503. The lowest BCUT2D eigenvalue weighted by atomic mass is 10.1. The SMILES string of the molecule is CSC[C@H]1O[C@@H](n2cnc3c(N(C(=O)c4ccccc4)C(=O)c4ccccc4)ncnc32)[C@H](OC(=O)c2ccccc2)[C@@H]1OC(=O)c1ccccc1. The van der Waals surface area contributed by atoms with Crippen LogP contribution < -0.4 is 4.90 Å². The minimum absolute atomic E-state index is 0.0602. The van der Waals surface area contributed by atoms with Crippen LogP contribution in [-0.2, 0) is 14.2 Å². The summed E-state index contributed by atoms with van der Waals surface area (Å²) in [7, 11) is 0. The predicted molar refractivity (Wildman–Crippen MR) is 193 cm³/mol. The van der Waals surface area contributed by atoms with E-state index in [9.17, 15) is 19.2 Å². The van der Waals surface area contributed by atoms with Crippen molar-refractivity contribution in [1.29, 1.82) is 0 Å². The maximum atomic E-state index is 14.0. The summed E-state index contributed by atoms with van der Waals surface area (Å²) in [4.78, 5) is 69.4. The molecule has 2 amide bonds. The Labute approximate surface area is 302 Å². The first kappa shape index (κ1) is 34.3. The summed E-state index contributed by atoms with van der Waals surface area (Å²) in [5, 5.41) is 0. The number of benzene rings is 4. The van der Waals surface area contributed by atoms with Crippen molar-refractivity contribution >= 4 is 52.5 Å². The number of rotatable bonds is 10. The number of esters is 2. The second kappa shape index (κ2) is 15.4. The van der Waals surface area contributed by atoms with E-state index in [1.54, 1.807) is 121 Å². The predicted octanol–water partition coefficient (Wildman–Crippen LogP) is 6.03. The molecule has 3 heterocycles. The van der Waals surface area contributed by atoms with Gasteiger partial charge < -0.3 is 14.2 Å². The normalized spacial score (nSPS) is 18.1. The van der Waals surface area contributed by atoms with Crippen LogP contribution in [0.4, 0.5) is 5.82 Å². The van der Waals surface area contributed by atoms with E-state index in [-0.39, 0.29) is 33.7 Å². The third kappa shape index (κ3) is 6.91. The van der Waals surface area contributed by atoms with E-state index >= 15 is 0 Å². The lowest BCUT2D eigenvalue weighted by molar-refractivity contribution is -0.0475. The molecule has 2 aromatic heterocycles. The van der Waals surface area contributed by atoms with Gasteiger partial charge in [0.1, 0.15) is 12.4 Å². The molecule has 0 spiro atoms. The third-order valence-corrected chi connectivity index (χ3v) is 9.06. The zero-order valence-corrected chi connectivity index (χ0v) is 28.5. The molecule has 0 N–H and O–H groups in total. The van der Waals surface area contributed by atoms with Gasteiger partial charge in [-0.3, -0.25) is 14.2 Å². The standard InChI is InChI=1S/C39H31N5O7S/c1-52-22-29-31(50-38(47)27-18-10-4-11-19-27)32(51-39(48)28-20-12-5-13-21-28)37(49-29)43-24-42-30-33(43)40-23-41-34(30)44(35(45)25-14-6-2-7-15-25)36(46)26-16-8-3-9-17-26/h2-21,23-24,29,31-32,37H,22H2,1H3/t29-,31-,32-,37-/m1/s1. The fourth-order valence-corrected chi connectivity index (χ4v) is 6.52. The molecule has 12 nitrogen and oxygen atoms in total. The number of fused-ring (bicyclic) bond motifs is 1. The van der Waals surface area contributed by atoms with Gasteiger partial charge in [-0.05, 0) is 54.8 Å². The minimum atomic E-state index is -1.17. The highest BCUT2D eigenvalue weighted by atomic mass is 32.2. The van der Waals surface area contributed by atoms with E-state index in [0.29, 0.717) is 11.3 Å². The van der Waals surface area contributed by atoms with Crippen molar-refractivity contribution in [2.75, 3.05) is 16.9 Å². The van der Waals surface area contributed by atoms with Crippen LogP contribution in [0.2, 0.25) is 0 Å². The number of aromatic nitrogens is 4. The highest BCUT2D eigenvalue weighted by Crippen LogP contribution is 2.38. The van der Waals surface area contributed by atoms with E-state index in [2.05, 4.69) is 15.0 Å². The topological polar surface area (TPSA) is 143 Å². The molecule has 0 aliphatic carbocycles. The van der Waals surface area contributed by atoms with Crippen molar-refractivity contribution in [2.45, 2.75) is 24.5 Å². The average molecular weight is 714 g/mol. The number of imidazole rings is 1. The number of carbonyl (C=O) groups is 4. The molecular formula is C39H31N5O7S. The Balaban J connectivity index is 1.31. The molecule has 0 unspecified atom stereocenters. The van der Waals surface area contributed by atoms with Crippen LogP contribution in [-0.4, -0.2) is 73.6 Å². The van der Waals surface area contributed by atoms with Crippen molar-refractivity contribution in [3.63, 3.8) is 0 Å². The van der Waals surface area contributed by atoms with Crippen LogP contribution in [0.3, 0.4) is 0 Å². The molecular weight excluding hydrogens is 683 g/mol. The molecule has 0 saturated carbocycles. The first-order chi connectivity index (χ1) is 25.4. The van der Waals surface area contributed by atoms with Crippen LogP contribution in [0.25, 0.3) is 11.2 Å². The van der Waals surface area contributed by atoms with Crippen molar-refractivity contribution in [1.82, 2.24) is 19.5 Å². The van der Waals surface area contributed by atoms with Crippen molar-refractivity contribution in [2.24, 2.45) is 0 Å². The summed E-state index contributed by atoms with van der Waals surface area (Å²) in [6, 6.07) is 33.7. The Morgan fingerprint density at radius 3 is 1.65 bits per heavy atom. The molecule has 4 aromatic carbocycles. The zero-order chi connectivity index (χ0) is 36.0. The summed E-state index contributed by atoms with van der Waals surface area (Å²) in [5.41, 5.74) is 1.41. The molecule has 13 heteroatoms. The van der Waals surface area contributed by atoms with Crippen molar-refractivity contribution in [3.05, 3.63) is 156 Å². The zero-order valence-electron chi connectivity index (χ0n) is 27.7. The van der Waals surface area contributed by atoms with Gasteiger partial charge in [0.25, 0.3) is 11.8 Å². The van der Waals surface area contributed by atoms with Gasteiger partial charge in [0.05, 0.1) is 17.5 Å². The Morgan fingerprint density at radius 1 is 0.673 bits per heavy atom. The van der Waals surface area contributed by atoms with E-state index in [1.165, 1.54) is 29.0 Å². The number of anilines is 1. The van der Waals surface area contributed by atoms with E-state index in [1.807, 2.05) is 6.26 Å². The van der Waals surface area contributed by atoms with Crippen LogP contribution in [0, 0.1) is 0 Å². The number of imide groups is 1. The molecule has 52 heavy (non-hydrogen) atoms. The van der Waals surface area contributed by atoms with Gasteiger partial charge in [-0.2, -0.15) is 11.8 Å². The Kier molecular flexibility index (Phi) is 10.1. The molecule has 1 saturated heterocycles. The number of amides is 2. The second-order valence-electron chi connectivity index (χ2n) is 11.7. The number of hydrogen-bond donors (Lipinski definition) is 0. The fourth-order valence-electron chi connectivity index (χ4n) is 5.92. The smallest absolute Gasteiger partial charge is 0.338 e. The van der Waals surface area contributed by atoms with Crippen molar-refractivity contribution < 1.29 is 33.4 Å². The highest BCUT2D eigenvalue weighted by Gasteiger charge is 2.51. The lowest BCUT2D eigenvalue weighted by Gasteiger charge is -2.25. The van der Waals surface area contributed by atoms with Gasteiger partial charge in [0.2, 0.25) is 0 Å². The summed E-state index contributed by atoms with van der Waals surface area (Å²) >= 11 is 1.47.